The van der Waals surface area contributed by atoms with Crippen LogP contribution in [0.5, 0.6) is 0 Å². The van der Waals surface area contributed by atoms with Crippen LogP contribution in [0.25, 0.3) is 0 Å². The van der Waals surface area contributed by atoms with Crippen LogP contribution in [0.1, 0.15) is 42.5 Å². The molecule has 0 heterocycles. The van der Waals surface area contributed by atoms with Gasteiger partial charge in [-0.05, 0) is 61.3 Å². The molecular formula is C24H26N2O4. The monoisotopic (exact) mass is 406 g/mol. The van der Waals surface area contributed by atoms with Crippen molar-refractivity contribution in [1.29, 1.82) is 0 Å². The Hall–Kier alpha value is -3.15. The fourth-order valence-electron chi connectivity index (χ4n) is 4.74. The number of anilines is 2. The lowest BCUT2D eigenvalue weighted by Crippen LogP contribution is -2.24. The molecule has 30 heavy (non-hydrogen) atoms. The Bertz CT molecular complexity index is 928. The summed E-state index contributed by atoms with van der Waals surface area (Å²) in [5.41, 5.74) is 1.38. The van der Waals surface area contributed by atoms with Crippen molar-refractivity contribution in [3.63, 3.8) is 0 Å². The first kappa shape index (κ1) is 20.1. The zero-order valence-corrected chi connectivity index (χ0v) is 16.8. The van der Waals surface area contributed by atoms with Crippen LogP contribution in [-0.2, 0) is 14.3 Å². The van der Waals surface area contributed by atoms with Gasteiger partial charge in [0.1, 0.15) is 0 Å². The van der Waals surface area contributed by atoms with Crippen LogP contribution in [0.15, 0.2) is 54.6 Å². The number of para-hydroxylation sites is 2. The average molecular weight is 406 g/mol. The second-order valence-corrected chi connectivity index (χ2v) is 8.21. The van der Waals surface area contributed by atoms with Crippen molar-refractivity contribution in [2.45, 2.75) is 32.1 Å². The normalized spacial score (nSPS) is 21.8. The van der Waals surface area contributed by atoms with Gasteiger partial charge < -0.3 is 15.4 Å². The number of hydrogen-bond donors (Lipinski definition) is 2. The summed E-state index contributed by atoms with van der Waals surface area (Å²) in [4.78, 5) is 37.0. The SMILES string of the molecule is O=C(COC(=O)C[C@H]1C[C@@H]2CC[C@@H]1C2)Nc1ccccc1C(=O)Nc1ccccc1. The van der Waals surface area contributed by atoms with Gasteiger partial charge in [-0.15, -0.1) is 0 Å². The summed E-state index contributed by atoms with van der Waals surface area (Å²) in [5.74, 6) is 0.710. The lowest BCUT2D eigenvalue weighted by molar-refractivity contribution is -0.148. The minimum absolute atomic E-state index is 0.321. The number of rotatable bonds is 7. The molecule has 6 nitrogen and oxygen atoms in total. The summed E-state index contributed by atoms with van der Waals surface area (Å²) >= 11 is 0. The summed E-state index contributed by atoms with van der Waals surface area (Å²) in [7, 11) is 0. The highest BCUT2D eigenvalue weighted by Gasteiger charge is 2.40. The lowest BCUT2D eigenvalue weighted by atomic mass is 9.86. The highest BCUT2D eigenvalue weighted by Crippen LogP contribution is 2.49. The van der Waals surface area contributed by atoms with Gasteiger partial charge in [-0.1, -0.05) is 36.8 Å². The minimum Gasteiger partial charge on any atom is -0.456 e. The summed E-state index contributed by atoms with van der Waals surface area (Å²) in [6.45, 7) is -0.353. The third-order valence-corrected chi connectivity index (χ3v) is 6.16. The minimum atomic E-state index is -0.462. The van der Waals surface area contributed by atoms with Crippen LogP contribution in [-0.4, -0.2) is 24.4 Å². The largest absolute Gasteiger partial charge is 0.456 e. The molecule has 156 valence electrons. The number of fused-ring (bicyclic) bond motifs is 2. The van der Waals surface area contributed by atoms with E-state index in [0.717, 1.165) is 12.3 Å². The molecule has 4 rings (SSSR count). The van der Waals surface area contributed by atoms with E-state index in [1.165, 1.54) is 19.3 Å². The molecule has 2 aliphatic rings. The molecule has 0 aromatic heterocycles. The number of benzene rings is 2. The van der Waals surface area contributed by atoms with Crippen molar-refractivity contribution in [2.24, 2.45) is 17.8 Å². The second-order valence-electron chi connectivity index (χ2n) is 8.21. The lowest BCUT2D eigenvalue weighted by Gasteiger charge is -2.20. The van der Waals surface area contributed by atoms with Crippen molar-refractivity contribution in [3.8, 4) is 0 Å². The van der Waals surface area contributed by atoms with E-state index < -0.39 is 5.91 Å². The summed E-state index contributed by atoms with van der Waals surface area (Å²) in [5, 5.41) is 5.48. The number of carbonyl (C=O) groups excluding carboxylic acids is 3. The van der Waals surface area contributed by atoms with Gasteiger partial charge >= 0.3 is 5.97 Å². The third-order valence-electron chi connectivity index (χ3n) is 6.16. The van der Waals surface area contributed by atoms with Gasteiger partial charge in [0.2, 0.25) is 0 Å². The highest BCUT2D eigenvalue weighted by atomic mass is 16.5. The van der Waals surface area contributed by atoms with Gasteiger partial charge in [-0.2, -0.15) is 0 Å². The Labute approximate surface area is 176 Å². The number of esters is 1. The number of nitrogens with one attached hydrogen (secondary N) is 2. The van der Waals surface area contributed by atoms with Crippen LogP contribution in [0.4, 0.5) is 11.4 Å². The second kappa shape index (κ2) is 9.11. The van der Waals surface area contributed by atoms with E-state index in [2.05, 4.69) is 10.6 Å². The Kier molecular flexibility index (Phi) is 6.12. The first-order valence-corrected chi connectivity index (χ1v) is 10.5. The number of carbonyl (C=O) groups is 3. The van der Waals surface area contributed by atoms with Crippen molar-refractivity contribution >= 4 is 29.2 Å². The molecule has 2 aromatic carbocycles. The van der Waals surface area contributed by atoms with E-state index in [4.69, 9.17) is 4.74 Å². The predicted molar refractivity (Wildman–Crippen MR) is 114 cm³/mol. The van der Waals surface area contributed by atoms with Gasteiger partial charge in [0.05, 0.1) is 11.3 Å². The molecule has 2 fully saturated rings. The quantitative estimate of drug-likeness (QED) is 0.674. The van der Waals surface area contributed by atoms with Crippen molar-refractivity contribution in [2.75, 3.05) is 17.2 Å². The first-order valence-electron chi connectivity index (χ1n) is 10.5. The van der Waals surface area contributed by atoms with E-state index in [1.54, 1.807) is 36.4 Å². The molecule has 3 atom stereocenters. The van der Waals surface area contributed by atoms with Crippen molar-refractivity contribution in [3.05, 3.63) is 60.2 Å². The fourth-order valence-corrected chi connectivity index (χ4v) is 4.74. The Morgan fingerprint density at radius 2 is 1.67 bits per heavy atom. The van der Waals surface area contributed by atoms with Gasteiger partial charge in [0.15, 0.2) is 6.61 Å². The van der Waals surface area contributed by atoms with Crippen LogP contribution in [0.3, 0.4) is 0 Å². The standard InChI is InChI=1S/C24H26N2O4/c27-22(15-30-23(28)14-18-13-16-10-11-17(18)12-16)26-21-9-5-4-8-20(21)24(29)25-19-6-2-1-3-7-19/h1-9,16-18H,10-15H2,(H,25,29)(H,26,27)/t16-,17-,18-/m1/s1. The zero-order chi connectivity index (χ0) is 20.9. The average Bonchev–Trinajstić information content (AvgIpc) is 3.36. The molecule has 0 radical (unpaired) electrons. The summed E-state index contributed by atoms with van der Waals surface area (Å²) in [6, 6.07) is 15.8. The van der Waals surface area contributed by atoms with Crippen LogP contribution in [0.2, 0.25) is 0 Å². The molecule has 2 N–H and O–H groups in total. The van der Waals surface area contributed by atoms with Gasteiger partial charge in [-0.3, -0.25) is 14.4 Å². The molecule has 6 heteroatoms. The Morgan fingerprint density at radius 1 is 0.900 bits per heavy atom. The highest BCUT2D eigenvalue weighted by molar-refractivity contribution is 6.10. The molecule has 0 saturated heterocycles. The molecule has 0 spiro atoms. The number of hydrogen-bond acceptors (Lipinski definition) is 4. The van der Waals surface area contributed by atoms with E-state index in [1.807, 2.05) is 18.2 Å². The van der Waals surface area contributed by atoms with E-state index in [9.17, 15) is 14.4 Å². The zero-order valence-electron chi connectivity index (χ0n) is 16.8. The van der Waals surface area contributed by atoms with Gasteiger partial charge in [0, 0.05) is 12.1 Å². The summed E-state index contributed by atoms with van der Waals surface area (Å²) < 4.78 is 5.19. The molecular weight excluding hydrogens is 380 g/mol. The van der Waals surface area contributed by atoms with E-state index in [0.29, 0.717) is 35.2 Å². The maximum absolute atomic E-state index is 12.6. The number of amides is 2. The number of ether oxygens (including phenoxy) is 1. The fraction of sp³-hybridized carbons (Fsp3) is 0.375. The van der Waals surface area contributed by atoms with Crippen molar-refractivity contribution in [1.82, 2.24) is 0 Å². The van der Waals surface area contributed by atoms with Gasteiger partial charge in [0.25, 0.3) is 11.8 Å². The molecule has 2 bridgehead atoms. The molecule has 0 unspecified atom stereocenters. The maximum atomic E-state index is 12.6. The van der Waals surface area contributed by atoms with E-state index in [-0.39, 0.29) is 18.5 Å². The van der Waals surface area contributed by atoms with Crippen LogP contribution in [0, 0.1) is 17.8 Å². The molecule has 2 aromatic rings. The topological polar surface area (TPSA) is 84.5 Å². The summed E-state index contributed by atoms with van der Waals surface area (Å²) in [6.07, 6.45) is 5.24. The molecule has 2 saturated carbocycles. The Balaban J connectivity index is 1.29. The molecule has 2 aliphatic carbocycles. The first-order chi connectivity index (χ1) is 14.6. The van der Waals surface area contributed by atoms with Crippen LogP contribution < -0.4 is 10.6 Å². The predicted octanol–water partition coefficient (Wildman–Crippen LogP) is 4.25. The van der Waals surface area contributed by atoms with Gasteiger partial charge in [-0.25, -0.2) is 0 Å². The van der Waals surface area contributed by atoms with Crippen LogP contribution >= 0.6 is 0 Å². The smallest absolute Gasteiger partial charge is 0.306 e. The third kappa shape index (κ3) is 4.87. The maximum Gasteiger partial charge on any atom is 0.306 e. The molecule has 0 aliphatic heterocycles. The molecule has 2 amide bonds. The van der Waals surface area contributed by atoms with Crippen molar-refractivity contribution < 1.29 is 19.1 Å². The Morgan fingerprint density at radius 3 is 2.40 bits per heavy atom. The van der Waals surface area contributed by atoms with E-state index >= 15 is 0 Å².